The number of carboxylic acids is 1. The Morgan fingerprint density at radius 1 is 1.10 bits per heavy atom. The highest BCUT2D eigenvalue weighted by Gasteiger charge is 2.26. The van der Waals surface area contributed by atoms with E-state index in [0.717, 1.165) is 6.07 Å². The fourth-order valence-corrected chi connectivity index (χ4v) is 5.82. The number of amides is 2. The van der Waals surface area contributed by atoms with Gasteiger partial charge in [0, 0.05) is 56.5 Å². The number of carboxylic acid groups (broad SMARTS) is 1. The van der Waals surface area contributed by atoms with E-state index < -0.39 is 41.3 Å². The summed E-state index contributed by atoms with van der Waals surface area (Å²) >= 11 is 0. The zero-order valence-electron chi connectivity index (χ0n) is 28.0. The highest BCUT2D eigenvalue weighted by atomic mass is 19.1. The van der Waals surface area contributed by atoms with Gasteiger partial charge in [-0.25, -0.2) is 18.7 Å². The Balaban J connectivity index is 1.14. The third kappa shape index (κ3) is 8.84. The number of piperazine rings is 1. The van der Waals surface area contributed by atoms with Gasteiger partial charge in [-0.15, -0.1) is 5.10 Å². The van der Waals surface area contributed by atoms with E-state index >= 15 is 4.39 Å². The van der Waals surface area contributed by atoms with Crippen LogP contribution in [0.4, 0.5) is 20.6 Å². The summed E-state index contributed by atoms with van der Waals surface area (Å²) < 4.78 is 23.8. The van der Waals surface area contributed by atoms with Gasteiger partial charge in [0.05, 0.1) is 23.1 Å². The van der Waals surface area contributed by atoms with Gasteiger partial charge in [-0.2, -0.15) is 0 Å². The van der Waals surface area contributed by atoms with Gasteiger partial charge in [-0.1, -0.05) is 17.3 Å². The zero-order valence-corrected chi connectivity index (χ0v) is 28.0. The number of aromatic carboxylic acids is 1. The number of carbonyl (C=O) groups excluding carboxylic acids is 2. The number of benzene rings is 2. The van der Waals surface area contributed by atoms with Crippen molar-refractivity contribution in [3.05, 3.63) is 81.7 Å². The minimum atomic E-state index is -1.37. The highest BCUT2D eigenvalue weighted by molar-refractivity contribution is 5.94. The summed E-state index contributed by atoms with van der Waals surface area (Å²) in [6.07, 6.45) is 2.08. The third-order valence-corrected chi connectivity index (χ3v) is 8.58. The van der Waals surface area contributed by atoms with Crippen molar-refractivity contribution in [1.82, 2.24) is 29.8 Å². The molecule has 4 aromatic rings. The molecule has 5 rings (SSSR count). The fourth-order valence-electron chi connectivity index (χ4n) is 5.82. The van der Waals surface area contributed by atoms with Crippen molar-refractivity contribution < 1.29 is 33.7 Å². The molecule has 2 unspecified atom stereocenters. The standard InChI is InChI=1S/C33H41FN10O7/c1-2-41-18-24(31(47)48)29(45)23-14-25(34)28(15-27(23)41)42-10-12-43(13-11-42)33(50)51-19-20-5-7-21(8-6-20)38-30(46)26(4-3-9-37-32(36)49)44-17-22(16-35)39-40-44/h5-8,14-15,17-18,26,32,37,49H,2-4,9-13,16,19,35-36H2,1H3,(H,38,46)(H,47,48). The first-order chi connectivity index (χ1) is 24.5. The Morgan fingerprint density at radius 3 is 2.45 bits per heavy atom. The summed E-state index contributed by atoms with van der Waals surface area (Å²) in [6, 6.07) is 8.75. The molecule has 1 aliphatic rings. The van der Waals surface area contributed by atoms with Crippen LogP contribution >= 0.6 is 0 Å². The predicted molar refractivity (Wildman–Crippen MR) is 184 cm³/mol. The van der Waals surface area contributed by atoms with E-state index in [1.807, 2.05) is 0 Å². The van der Waals surface area contributed by atoms with Gasteiger partial charge < -0.3 is 40.4 Å². The van der Waals surface area contributed by atoms with E-state index in [0.29, 0.717) is 61.5 Å². The molecule has 0 spiro atoms. The average molecular weight is 709 g/mol. The molecule has 8 N–H and O–H groups in total. The Hall–Kier alpha value is -5.43. The van der Waals surface area contributed by atoms with Crippen LogP contribution in [0.1, 0.15) is 47.4 Å². The number of rotatable bonds is 14. The molecule has 17 nitrogen and oxygen atoms in total. The lowest BCUT2D eigenvalue weighted by Crippen LogP contribution is -2.49. The number of aromatic nitrogens is 4. The Kier molecular flexibility index (Phi) is 11.9. The number of hydrogen-bond donors (Lipinski definition) is 6. The van der Waals surface area contributed by atoms with Gasteiger partial charge in [-0.05, 0) is 56.1 Å². The van der Waals surface area contributed by atoms with Gasteiger partial charge in [0.1, 0.15) is 24.0 Å². The van der Waals surface area contributed by atoms with Gasteiger partial charge in [0.2, 0.25) is 11.3 Å². The first-order valence-corrected chi connectivity index (χ1v) is 16.4. The maximum atomic E-state index is 15.2. The van der Waals surface area contributed by atoms with Crippen molar-refractivity contribution in [3.8, 4) is 0 Å². The number of pyridine rings is 1. The lowest BCUT2D eigenvalue weighted by molar-refractivity contribution is -0.119. The maximum absolute atomic E-state index is 15.2. The molecule has 1 aliphatic heterocycles. The van der Waals surface area contributed by atoms with E-state index in [-0.39, 0.29) is 43.2 Å². The number of aliphatic hydroxyl groups is 1. The molecule has 51 heavy (non-hydrogen) atoms. The maximum Gasteiger partial charge on any atom is 0.410 e. The van der Waals surface area contributed by atoms with Crippen LogP contribution in [-0.2, 0) is 29.2 Å². The van der Waals surface area contributed by atoms with Crippen LogP contribution in [0, 0.1) is 5.82 Å². The number of aliphatic hydroxyl groups excluding tert-OH is 1. The van der Waals surface area contributed by atoms with Crippen molar-refractivity contribution in [1.29, 1.82) is 0 Å². The second-order valence-electron chi connectivity index (χ2n) is 11.9. The number of aryl methyl sites for hydroxylation is 1. The third-order valence-electron chi connectivity index (χ3n) is 8.58. The molecule has 2 aromatic heterocycles. The number of hydrogen-bond acceptors (Lipinski definition) is 12. The van der Waals surface area contributed by atoms with Gasteiger partial charge in [-0.3, -0.25) is 20.6 Å². The molecule has 272 valence electrons. The Morgan fingerprint density at radius 2 is 1.82 bits per heavy atom. The van der Waals surface area contributed by atoms with Crippen molar-refractivity contribution in [2.24, 2.45) is 11.5 Å². The lowest BCUT2D eigenvalue weighted by Gasteiger charge is -2.35. The quantitative estimate of drug-likeness (QED) is 0.0798. The Bertz CT molecular complexity index is 1920. The van der Waals surface area contributed by atoms with Crippen LogP contribution in [0.5, 0.6) is 0 Å². The number of ether oxygens (including phenoxy) is 1. The predicted octanol–water partition coefficient (Wildman–Crippen LogP) is 1.15. The van der Waals surface area contributed by atoms with Crippen LogP contribution in [0.15, 0.2) is 53.6 Å². The molecule has 2 aromatic carbocycles. The van der Waals surface area contributed by atoms with Gasteiger partial charge in [0.15, 0.2) is 6.35 Å². The molecule has 0 bridgehead atoms. The number of nitrogens with one attached hydrogen (secondary N) is 2. The first-order valence-electron chi connectivity index (χ1n) is 16.4. The number of nitrogens with two attached hydrogens (primary N) is 2. The molecule has 0 aliphatic carbocycles. The molecular weight excluding hydrogens is 667 g/mol. The minimum absolute atomic E-state index is 0.0110. The van der Waals surface area contributed by atoms with Crippen molar-refractivity contribution in [2.75, 3.05) is 42.9 Å². The molecule has 0 radical (unpaired) electrons. The van der Waals surface area contributed by atoms with Crippen LogP contribution in [0.2, 0.25) is 0 Å². The number of nitrogens with zero attached hydrogens (tertiary/aromatic N) is 6. The van der Waals surface area contributed by atoms with Crippen LogP contribution in [0.25, 0.3) is 10.9 Å². The molecule has 2 atom stereocenters. The molecule has 2 amide bonds. The SMILES string of the molecule is CCn1cc(C(=O)O)c(=O)c2cc(F)c(N3CCN(C(=O)OCc4ccc(NC(=O)C(CCCNC(N)O)n5cc(CN)nn5)cc4)CC3)cc21. The molecule has 1 saturated heterocycles. The summed E-state index contributed by atoms with van der Waals surface area (Å²) in [5.74, 6) is -2.36. The van der Waals surface area contributed by atoms with Gasteiger partial charge >= 0.3 is 12.1 Å². The first kappa shape index (κ1) is 36.8. The molecule has 0 saturated carbocycles. The van der Waals surface area contributed by atoms with Gasteiger partial charge in [0.25, 0.3) is 0 Å². The fraction of sp³-hybridized carbons (Fsp3) is 0.394. The summed E-state index contributed by atoms with van der Waals surface area (Å²) in [5, 5.41) is 32.2. The second kappa shape index (κ2) is 16.5. The van der Waals surface area contributed by atoms with E-state index in [1.165, 1.54) is 15.8 Å². The zero-order chi connectivity index (χ0) is 36.7. The molecule has 3 heterocycles. The summed E-state index contributed by atoms with van der Waals surface area (Å²) in [5.41, 5.74) is 12.2. The number of fused-ring (bicyclic) bond motifs is 1. The second-order valence-corrected chi connectivity index (χ2v) is 11.9. The number of halogens is 1. The topological polar surface area (TPSA) is 236 Å². The van der Waals surface area contributed by atoms with Crippen molar-refractivity contribution in [3.63, 3.8) is 0 Å². The summed E-state index contributed by atoms with van der Waals surface area (Å²) in [7, 11) is 0. The molecule has 18 heteroatoms. The monoisotopic (exact) mass is 708 g/mol. The molecular formula is C33H41FN10O7. The number of anilines is 2. The van der Waals surface area contributed by atoms with E-state index in [4.69, 9.17) is 16.2 Å². The largest absolute Gasteiger partial charge is 0.477 e. The molecule has 1 fully saturated rings. The van der Waals surface area contributed by atoms with Crippen LogP contribution in [-0.4, -0.2) is 91.7 Å². The Labute approximate surface area is 291 Å². The lowest BCUT2D eigenvalue weighted by atomic mass is 10.1. The van der Waals surface area contributed by atoms with Crippen LogP contribution < -0.4 is 32.4 Å². The summed E-state index contributed by atoms with van der Waals surface area (Å²) in [6.45, 7) is 3.87. The van der Waals surface area contributed by atoms with Crippen molar-refractivity contribution in [2.45, 2.75) is 51.9 Å². The highest BCUT2D eigenvalue weighted by Crippen LogP contribution is 2.27. The van der Waals surface area contributed by atoms with E-state index in [9.17, 15) is 29.4 Å². The average Bonchev–Trinajstić information content (AvgIpc) is 3.60. The summed E-state index contributed by atoms with van der Waals surface area (Å²) in [4.78, 5) is 53.6. The van der Waals surface area contributed by atoms with Crippen LogP contribution in [0.3, 0.4) is 0 Å². The smallest absolute Gasteiger partial charge is 0.410 e. The minimum Gasteiger partial charge on any atom is -0.477 e. The van der Waals surface area contributed by atoms with E-state index in [1.54, 1.807) is 52.9 Å². The van der Waals surface area contributed by atoms with E-state index in [2.05, 4.69) is 20.9 Å². The van der Waals surface area contributed by atoms with Crippen molar-refractivity contribution >= 4 is 40.2 Å². The normalized spacial score (nSPS) is 14.4. The number of carbonyl (C=O) groups is 3.